The van der Waals surface area contributed by atoms with Gasteiger partial charge in [0.15, 0.2) is 0 Å². The van der Waals surface area contributed by atoms with Crippen LogP contribution in [0.25, 0.3) is 11.0 Å². The lowest BCUT2D eigenvalue weighted by Gasteiger charge is -2.32. The molecule has 1 aliphatic heterocycles. The molecule has 0 spiro atoms. The van der Waals surface area contributed by atoms with Crippen LogP contribution in [-0.2, 0) is 20.7 Å². The van der Waals surface area contributed by atoms with Crippen LogP contribution in [-0.4, -0.2) is 73.4 Å². The number of hydrogen-bond acceptors (Lipinski definition) is 5. The molecule has 0 aliphatic carbocycles. The third-order valence-electron chi connectivity index (χ3n) is 4.55. The van der Waals surface area contributed by atoms with E-state index in [1.165, 1.54) is 0 Å². The summed E-state index contributed by atoms with van der Waals surface area (Å²) in [6.07, 6.45) is 1.69. The van der Waals surface area contributed by atoms with E-state index >= 15 is 0 Å². The van der Waals surface area contributed by atoms with Gasteiger partial charge in [-0.3, -0.25) is 4.79 Å². The Morgan fingerprint density at radius 2 is 2.27 bits per heavy atom. The summed E-state index contributed by atoms with van der Waals surface area (Å²) >= 11 is 0. The zero-order chi connectivity index (χ0) is 18.4. The standard InChI is InChI=1S/C19H28N4O3/c1-23(2)10-12-26-17-13-25-11-9-16(17)22-19(24)8-7-18-20-14-5-3-4-6-15(14)21-18/h3-6,16-17H,7-13H2,1-2H3,(H,20,21)(H,22,24)/t16-,17-/m1/s1. The lowest BCUT2D eigenvalue weighted by atomic mass is 10.1. The predicted molar refractivity (Wildman–Crippen MR) is 100 cm³/mol. The van der Waals surface area contributed by atoms with E-state index in [0.29, 0.717) is 32.7 Å². The summed E-state index contributed by atoms with van der Waals surface area (Å²) in [5, 5.41) is 3.11. The maximum atomic E-state index is 12.4. The molecule has 0 bridgehead atoms. The molecule has 2 N–H and O–H groups in total. The van der Waals surface area contributed by atoms with Gasteiger partial charge >= 0.3 is 0 Å². The minimum atomic E-state index is -0.0844. The molecule has 1 saturated heterocycles. The van der Waals surface area contributed by atoms with Crippen molar-refractivity contribution in [3.8, 4) is 0 Å². The molecule has 1 fully saturated rings. The van der Waals surface area contributed by atoms with Crippen LogP contribution in [0.5, 0.6) is 0 Å². The fraction of sp³-hybridized carbons (Fsp3) is 0.579. The van der Waals surface area contributed by atoms with Crippen molar-refractivity contribution >= 4 is 16.9 Å². The van der Waals surface area contributed by atoms with Gasteiger partial charge in [-0.05, 0) is 32.6 Å². The van der Waals surface area contributed by atoms with Crippen LogP contribution >= 0.6 is 0 Å². The molecule has 0 saturated carbocycles. The number of benzene rings is 1. The van der Waals surface area contributed by atoms with Crippen LogP contribution in [0.1, 0.15) is 18.7 Å². The fourth-order valence-corrected chi connectivity index (χ4v) is 3.06. The van der Waals surface area contributed by atoms with Crippen LogP contribution < -0.4 is 5.32 Å². The van der Waals surface area contributed by atoms with Gasteiger partial charge in [0.25, 0.3) is 0 Å². The molecule has 1 aromatic carbocycles. The predicted octanol–water partition coefficient (Wildman–Crippen LogP) is 1.35. The van der Waals surface area contributed by atoms with Crippen molar-refractivity contribution < 1.29 is 14.3 Å². The number of imidazole rings is 1. The first-order valence-electron chi connectivity index (χ1n) is 9.19. The van der Waals surface area contributed by atoms with Crippen molar-refractivity contribution in [1.29, 1.82) is 0 Å². The number of carbonyl (C=O) groups is 1. The summed E-state index contributed by atoms with van der Waals surface area (Å²) in [5.41, 5.74) is 1.93. The molecule has 7 heteroatoms. The number of likely N-dealkylation sites (N-methyl/N-ethyl adjacent to an activating group) is 1. The number of hydrogen-bond donors (Lipinski definition) is 2. The van der Waals surface area contributed by atoms with Gasteiger partial charge in [0, 0.05) is 26.0 Å². The number of amides is 1. The zero-order valence-corrected chi connectivity index (χ0v) is 15.5. The maximum absolute atomic E-state index is 12.4. The molecule has 2 atom stereocenters. The van der Waals surface area contributed by atoms with Gasteiger partial charge in [-0.1, -0.05) is 12.1 Å². The van der Waals surface area contributed by atoms with Crippen LogP contribution in [0.15, 0.2) is 24.3 Å². The Hall–Kier alpha value is -1.96. The highest BCUT2D eigenvalue weighted by Gasteiger charge is 2.27. The van der Waals surface area contributed by atoms with E-state index in [1.54, 1.807) is 0 Å². The van der Waals surface area contributed by atoms with Crippen LogP contribution in [0.3, 0.4) is 0 Å². The molecule has 0 radical (unpaired) electrons. The van der Waals surface area contributed by atoms with E-state index in [4.69, 9.17) is 9.47 Å². The molecule has 2 heterocycles. The van der Waals surface area contributed by atoms with Crippen LogP contribution in [0, 0.1) is 0 Å². The summed E-state index contributed by atoms with van der Waals surface area (Å²) in [4.78, 5) is 22.2. The van der Waals surface area contributed by atoms with E-state index in [-0.39, 0.29) is 18.1 Å². The third kappa shape index (κ3) is 5.27. The van der Waals surface area contributed by atoms with E-state index in [9.17, 15) is 4.79 Å². The quantitative estimate of drug-likeness (QED) is 0.743. The molecule has 1 aromatic heterocycles. The van der Waals surface area contributed by atoms with Gasteiger partial charge in [0.2, 0.25) is 5.91 Å². The number of H-pyrrole nitrogens is 1. The van der Waals surface area contributed by atoms with E-state index < -0.39 is 0 Å². The molecule has 7 nitrogen and oxygen atoms in total. The number of nitrogens with zero attached hydrogens (tertiary/aromatic N) is 2. The molecule has 26 heavy (non-hydrogen) atoms. The third-order valence-corrected chi connectivity index (χ3v) is 4.55. The first kappa shape index (κ1) is 18.8. The fourth-order valence-electron chi connectivity index (χ4n) is 3.06. The Balaban J connectivity index is 1.47. The smallest absolute Gasteiger partial charge is 0.220 e. The minimum absolute atomic E-state index is 0.00841. The normalized spacial score (nSPS) is 20.6. The van der Waals surface area contributed by atoms with Gasteiger partial charge in [0.1, 0.15) is 11.9 Å². The Morgan fingerprint density at radius 1 is 1.42 bits per heavy atom. The highest BCUT2D eigenvalue weighted by atomic mass is 16.5. The largest absolute Gasteiger partial charge is 0.379 e. The number of aryl methyl sites for hydroxylation is 1. The second-order valence-corrected chi connectivity index (χ2v) is 6.95. The van der Waals surface area contributed by atoms with E-state index in [1.807, 2.05) is 38.4 Å². The minimum Gasteiger partial charge on any atom is -0.379 e. The van der Waals surface area contributed by atoms with Gasteiger partial charge in [-0.25, -0.2) is 4.98 Å². The van der Waals surface area contributed by atoms with Crippen molar-refractivity contribution in [1.82, 2.24) is 20.2 Å². The van der Waals surface area contributed by atoms with Gasteiger partial charge in [0.05, 0.1) is 30.3 Å². The Labute approximate surface area is 154 Å². The van der Waals surface area contributed by atoms with Crippen molar-refractivity contribution in [3.05, 3.63) is 30.1 Å². The average Bonchev–Trinajstić information content (AvgIpc) is 3.04. The Kier molecular flexibility index (Phi) is 6.60. The Bertz CT molecular complexity index is 683. The number of carbonyl (C=O) groups excluding carboxylic acids is 1. The molecule has 1 amide bonds. The van der Waals surface area contributed by atoms with Gasteiger partial charge < -0.3 is 24.7 Å². The van der Waals surface area contributed by atoms with Crippen LogP contribution in [0.2, 0.25) is 0 Å². The first-order valence-corrected chi connectivity index (χ1v) is 9.19. The second-order valence-electron chi connectivity index (χ2n) is 6.95. The number of ether oxygens (including phenoxy) is 2. The summed E-state index contributed by atoms with van der Waals surface area (Å²) < 4.78 is 11.4. The van der Waals surface area contributed by atoms with Crippen molar-refractivity contribution in [3.63, 3.8) is 0 Å². The molecular formula is C19H28N4O3. The second kappa shape index (κ2) is 9.12. The van der Waals surface area contributed by atoms with Crippen molar-refractivity contribution in [2.75, 3.05) is 40.5 Å². The molecule has 0 unspecified atom stereocenters. The van der Waals surface area contributed by atoms with Gasteiger partial charge in [-0.15, -0.1) is 0 Å². The molecule has 2 aromatic rings. The molecule has 142 valence electrons. The monoisotopic (exact) mass is 360 g/mol. The first-order chi connectivity index (χ1) is 12.6. The van der Waals surface area contributed by atoms with Crippen molar-refractivity contribution in [2.45, 2.75) is 31.4 Å². The summed E-state index contributed by atoms with van der Waals surface area (Å²) in [7, 11) is 4.02. The maximum Gasteiger partial charge on any atom is 0.220 e. The number of para-hydroxylation sites is 2. The van der Waals surface area contributed by atoms with Gasteiger partial charge in [-0.2, -0.15) is 0 Å². The number of nitrogens with one attached hydrogen (secondary N) is 2. The van der Waals surface area contributed by atoms with Crippen LogP contribution in [0.4, 0.5) is 0 Å². The summed E-state index contributed by atoms with van der Waals surface area (Å²) in [5.74, 6) is 0.866. The van der Waals surface area contributed by atoms with E-state index in [2.05, 4.69) is 20.2 Å². The summed E-state index contributed by atoms with van der Waals surface area (Å²) in [6.45, 7) is 2.67. The number of rotatable bonds is 8. The average molecular weight is 360 g/mol. The SMILES string of the molecule is CN(C)CCO[C@@H]1COCC[C@H]1NC(=O)CCc1nc2ccccc2[nH]1. The lowest BCUT2D eigenvalue weighted by Crippen LogP contribution is -2.50. The highest BCUT2D eigenvalue weighted by molar-refractivity contribution is 5.77. The number of fused-ring (bicyclic) bond motifs is 1. The number of aromatic amines is 1. The molecule has 1 aliphatic rings. The molecule has 3 rings (SSSR count). The van der Waals surface area contributed by atoms with E-state index in [0.717, 1.165) is 29.8 Å². The molecular weight excluding hydrogens is 332 g/mol. The number of aromatic nitrogens is 2. The Morgan fingerprint density at radius 3 is 3.08 bits per heavy atom. The zero-order valence-electron chi connectivity index (χ0n) is 15.5. The lowest BCUT2D eigenvalue weighted by molar-refractivity contribution is -0.126. The van der Waals surface area contributed by atoms with Crippen molar-refractivity contribution in [2.24, 2.45) is 0 Å². The topological polar surface area (TPSA) is 79.5 Å². The summed E-state index contributed by atoms with van der Waals surface area (Å²) in [6, 6.07) is 7.89. The highest BCUT2D eigenvalue weighted by Crippen LogP contribution is 2.13.